The highest BCUT2D eigenvalue weighted by Gasteiger charge is 2.28. The first kappa shape index (κ1) is 12.6. The number of hydrogen-bond acceptors (Lipinski definition) is 5. The predicted molar refractivity (Wildman–Crippen MR) is 70.5 cm³/mol. The van der Waals surface area contributed by atoms with Gasteiger partial charge in [-0.05, 0) is 19.8 Å². The number of fused-ring (bicyclic) bond motifs is 1. The number of rotatable bonds is 4. The Balaban J connectivity index is 2.76. The number of nitrogens with two attached hydrogens (primary N) is 1. The highest BCUT2D eigenvalue weighted by atomic mass is 16.5. The summed E-state index contributed by atoms with van der Waals surface area (Å²) in [6.45, 7) is 6.42. The summed E-state index contributed by atoms with van der Waals surface area (Å²) in [5, 5.41) is 0. The van der Waals surface area contributed by atoms with Crippen LogP contribution in [0.4, 0.5) is 5.95 Å². The molecule has 6 nitrogen and oxygen atoms in total. The first-order valence-electron chi connectivity index (χ1n) is 6.10. The van der Waals surface area contributed by atoms with Crippen molar-refractivity contribution in [3.8, 4) is 5.88 Å². The third kappa shape index (κ3) is 1.68. The molecular weight excluding hydrogens is 230 g/mol. The summed E-state index contributed by atoms with van der Waals surface area (Å²) in [7, 11) is 1.57. The standard InChI is InChI=1S/C12H19N5O/c1-5-12(3,6-2)17-9-8(16-11(17)13)10(18-4)15-7-14-9/h7H,5-6H2,1-4H3,(H2,13,16). The molecule has 2 aromatic heterocycles. The van der Waals surface area contributed by atoms with Gasteiger partial charge in [0.2, 0.25) is 11.8 Å². The normalized spacial score (nSPS) is 12.0. The van der Waals surface area contributed by atoms with Gasteiger partial charge >= 0.3 is 0 Å². The Bertz CT molecular complexity index is 559. The van der Waals surface area contributed by atoms with Crippen LogP contribution in [0.1, 0.15) is 33.6 Å². The second kappa shape index (κ2) is 4.44. The Morgan fingerprint density at radius 2 is 2.00 bits per heavy atom. The van der Waals surface area contributed by atoms with Gasteiger partial charge in [0.15, 0.2) is 11.2 Å². The van der Waals surface area contributed by atoms with Crippen LogP contribution in [0.15, 0.2) is 6.33 Å². The number of hydrogen-bond donors (Lipinski definition) is 1. The Labute approximate surface area is 106 Å². The van der Waals surface area contributed by atoms with Gasteiger partial charge in [-0.1, -0.05) is 13.8 Å². The van der Waals surface area contributed by atoms with Gasteiger partial charge in [0.05, 0.1) is 7.11 Å². The monoisotopic (exact) mass is 249 g/mol. The summed E-state index contributed by atoms with van der Waals surface area (Å²) in [5.74, 6) is 0.912. The summed E-state index contributed by atoms with van der Waals surface area (Å²) in [6, 6.07) is 0. The molecule has 0 amide bonds. The molecule has 2 heterocycles. The molecule has 0 saturated heterocycles. The van der Waals surface area contributed by atoms with E-state index in [0.717, 1.165) is 18.5 Å². The minimum absolute atomic E-state index is 0.0990. The topological polar surface area (TPSA) is 78.9 Å². The molecule has 2 rings (SSSR count). The van der Waals surface area contributed by atoms with Crippen LogP contribution in [0.5, 0.6) is 5.88 Å². The fourth-order valence-electron chi connectivity index (χ4n) is 2.14. The molecule has 0 spiro atoms. The predicted octanol–water partition coefficient (Wildman–Crippen LogP) is 1.95. The van der Waals surface area contributed by atoms with Crippen molar-refractivity contribution in [3.05, 3.63) is 6.33 Å². The second-order valence-electron chi connectivity index (χ2n) is 4.56. The Hall–Kier alpha value is -1.85. The van der Waals surface area contributed by atoms with Crippen LogP contribution in [0.3, 0.4) is 0 Å². The summed E-state index contributed by atoms with van der Waals surface area (Å²) in [6.07, 6.45) is 3.38. The molecule has 2 aromatic rings. The highest BCUT2D eigenvalue weighted by Crippen LogP contribution is 2.33. The van der Waals surface area contributed by atoms with Crippen LogP contribution in [-0.2, 0) is 5.54 Å². The number of aromatic nitrogens is 4. The number of ether oxygens (including phenoxy) is 1. The Morgan fingerprint density at radius 3 is 2.56 bits per heavy atom. The highest BCUT2D eigenvalue weighted by molar-refractivity contribution is 5.79. The van der Waals surface area contributed by atoms with E-state index in [4.69, 9.17) is 10.5 Å². The first-order valence-corrected chi connectivity index (χ1v) is 6.10. The summed E-state index contributed by atoms with van der Waals surface area (Å²) in [5.41, 5.74) is 7.29. The third-order valence-corrected chi connectivity index (χ3v) is 3.69. The van der Waals surface area contributed by atoms with Crippen molar-refractivity contribution >= 4 is 17.1 Å². The van der Waals surface area contributed by atoms with Gasteiger partial charge in [0, 0.05) is 5.54 Å². The fraction of sp³-hybridized carbons (Fsp3) is 0.583. The van der Waals surface area contributed by atoms with Gasteiger partial charge in [0.1, 0.15) is 6.33 Å². The van der Waals surface area contributed by atoms with E-state index in [1.165, 1.54) is 6.33 Å². The summed E-state index contributed by atoms with van der Waals surface area (Å²) < 4.78 is 7.17. The molecule has 0 radical (unpaired) electrons. The zero-order chi connectivity index (χ0) is 13.3. The lowest BCUT2D eigenvalue weighted by Gasteiger charge is -2.29. The molecule has 6 heteroatoms. The van der Waals surface area contributed by atoms with Crippen molar-refractivity contribution in [3.63, 3.8) is 0 Å². The van der Waals surface area contributed by atoms with E-state index >= 15 is 0 Å². The van der Waals surface area contributed by atoms with E-state index in [0.29, 0.717) is 17.3 Å². The lowest BCUT2D eigenvalue weighted by atomic mass is 9.95. The maximum atomic E-state index is 6.04. The van der Waals surface area contributed by atoms with Gasteiger partial charge in [-0.15, -0.1) is 0 Å². The quantitative estimate of drug-likeness (QED) is 0.896. The average molecular weight is 249 g/mol. The SMILES string of the molecule is CCC(C)(CC)n1c(N)nc2c(OC)ncnc21. The smallest absolute Gasteiger partial charge is 0.245 e. The zero-order valence-corrected chi connectivity index (χ0v) is 11.3. The minimum Gasteiger partial charge on any atom is -0.479 e. The molecule has 0 aliphatic carbocycles. The lowest BCUT2D eigenvalue weighted by Crippen LogP contribution is -2.29. The molecule has 0 unspecified atom stereocenters. The van der Waals surface area contributed by atoms with Crippen LogP contribution < -0.4 is 10.5 Å². The van der Waals surface area contributed by atoms with Crippen molar-refractivity contribution in [1.29, 1.82) is 0 Å². The fourth-order valence-corrected chi connectivity index (χ4v) is 2.14. The van der Waals surface area contributed by atoms with Gasteiger partial charge in [-0.3, -0.25) is 4.57 Å². The van der Waals surface area contributed by atoms with Crippen molar-refractivity contribution in [2.75, 3.05) is 12.8 Å². The van der Waals surface area contributed by atoms with E-state index in [1.54, 1.807) is 7.11 Å². The average Bonchev–Trinajstić information content (AvgIpc) is 2.74. The van der Waals surface area contributed by atoms with Crippen LogP contribution in [0, 0.1) is 0 Å². The number of anilines is 1. The lowest BCUT2D eigenvalue weighted by molar-refractivity contribution is 0.305. The van der Waals surface area contributed by atoms with Crippen molar-refractivity contribution in [2.45, 2.75) is 39.2 Å². The molecule has 0 atom stereocenters. The number of nitrogens with zero attached hydrogens (tertiary/aromatic N) is 4. The number of nitrogen functional groups attached to an aromatic ring is 1. The van der Waals surface area contributed by atoms with Crippen molar-refractivity contribution in [1.82, 2.24) is 19.5 Å². The molecule has 0 saturated carbocycles. The number of imidazole rings is 1. The Kier molecular flexibility index (Phi) is 3.11. The molecule has 0 aromatic carbocycles. The first-order chi connectivity index (χ1) is 8.57. The van der Waals surface area contributed by atoms with Crippen LogP contribution in [-0.4, -0.2) is 26.6 Å². The van der Waals surface area contributed by atoms with E-state index in [9.17, 15) is 0 Å². The molecule has 18 heavy (non-hydrogen) atoms. The van der Waals surface area contributed by atoms with E-state index < -0.39 is 0 Å². The van der Waals surface area contributed by atoms with Crippen LogP contribution >= 0.6 is 0 Å². The Morgan fingerprint density at radius 1 is 1.33 bits per heavy atom. The zero-order valence-electron chi connectivity index (χ0n) is 11.3. The molecule has 0 aliphatic rings. The van der Waals surface area contributed by atoms with E-state index in [-0.39, 0.29) is 5.54 Å². The molecule has 0 fully saturated rings. The van der Waals surface area contributed by atoms with Gasteiger partial charge in [0.25, 0.3) is 0 Å². The van der Waals surface area contributed by atoms with Crippen LogP contribution in [0.25, 0.3) is 11.2 Å². The van der Waals surface area contributed by atoms with E-state index in [2.05, 4.69) is 35.7 Å². The van der Waals surface area contributed by atoms with Gasteiger partial charge in [-0.25, -0.2) is 9.97 Å². The van der Waals surface area contributed by atoms with Gasteiger partial charge in [-0.2, -0.15) is 4.98 Å². The maximum absolute atomic E-state index is 6.04. The third-order valence-electron chi connectivity index (χ3n) is 3.69. The number of methoxy groups -OCH3 is 1. The maximum Gasteiger partial charge on any atom is 0.245 e. The second-order valence-corrected chi connectivity index (χ2v) is 4.56. The van der Waals surface area contributed by atoms with Crippen molar-refractivity contribution < 1.29 is 4.74 Å². The van der Waals surface area contributed by atoms with Crippen LogP contribution in [0.2, 0.25) is 0 Å². The van der Waals surface area contributed by atoms with Gasteiger partial charge < -0.3 is 10.5 Å². The molecule has 0 aliphatic heterocycles. The molecule has 98 valence electrons. The van der Waals surface area contributed by atoms with E-state index in [1.807, 2.05) is 4.57 Å². The van der Waals surface area contributed by atoms with Crippen molar-refractivity contribution in [2.24, 2.45) is 0 Å². The minimum atomic E-state index is -0.0990. The molecule has 0 bridgehead atoms. The summed E-state index contributed by atoms with van der Waals surface area (Å²) >= 11 is 0. The largest absolute Gasteiger partial charge is 0.479 e. The molecular formula is C12H19N5O. The summed E-state index contributed by atoms with van der Waals surface area (Å²) in [4.78, 5) is 12.7. The molecule has 2 N–H and O–H groups in total.